The van der Waals surface area contributed by atoms with E-state index in [2.05, 4.69) is 5.32 Å². The lowest BCUT2D eigenvalue weighted by atomic mass is 9.75. The number of allylic oxidation sites excluding steroid dienone is 5. The third kappa shape index (κ3) is 8.12. The summed E-state index contributed by atoms with van der Waals surface area (Å²) in [6.07, 6.45) is -0.878. The van der Waals surface area contributed by atoms with Crippen LogP contribution in [0.15, 0.2) is 52.5 Å². The number of ketones is 1. The Morgan fingerprint density at radius 3 is 2.11 bits per heavy atom. The van der Waals surface area contributed by atoms with Gasteiger partial charge < -0.3 is 54.9 Å². The molecular formula is C40H51NO14. The number of methoxy groups -OCH3 is 1. The van der Waals surface area contributed by atoms with Gasteiger partial charge in [-0.15, -0.1) is 0 Å². The number of esters is 2. The van der Waals surface area contributed by atoms with Gasteiger partial charge in [0.05, 0.1) is 48.3 Å². The summed E-state index contributed by atoms with van der Waals surface area (Å²) < 4.78 is 22.3. The maximum atomic E-state index is 14.0. The molecule has 4 bridgehead atoms. The van der Waals surface area contributed by atoms with E-state index in [-0.39, 0.29) is 61.9 Å². The number of Topliss-reactive ketones (excluding diaryl/α,β-unsaturated/α-hetero) is 1. The molecule has 55 heavy (non-hydrogen) atoms. The van der Waals surface area contributed by atoms with Gasteiger partial charge in [-0.2, -0.15) is 0 Å². The van der Waals surface area contributed by atoms with Crippen LogP contribution in [0.4, 0.5) is 5.69 Å². The number of rotatable bonds is 2. The minimum Gasteiger partial charge on any atom is -0.505 e. The summed E-state index contributed by atoms with van der Waals surface area (Å²) in [5.74, 6) is -8.68. The van der Waals surface area contributed by atoms with Gasteiger partial charge in [0.1, 0.15) is 28.8 Å². The Hall–Kier alpha value is -4.80. The normalized spacial score (nSPS) is 33.3. The largest absolute Gasteiger partial charge is 0.505 e. The van der Waals surface area contributed by atoms with Crippen LogP contribution in [0.1, 0.15) is 76.9 Å². The lowest BCUT2D eigenvalue weighted by Gasteiger charge is -2.39. The van der Waals surface area contributed by atoms with E-state index < -0.39 is 89.9 Å². The zero-order valence-corrected chi connectivity index (χ0v) is 32.6. The van der Waals surface area contributed by atoms with Crippen molar-refractivity contribution in [3.05, 3.63) is 69.2 Å². The fourth-order valence-corrected chi connectivity index (χ4v) is 7.28. The monoisotopic (exact) mass is 769 g/mol. The summed E-state index contributed by atoms with van der Waals surface area (Å²) in [5, 5.41) is 71.8. The van der Waals surface area contributed by atoms with Crippen LogP contribution < -0.4 is 10.1 Å². The Balaban J connectivity index is 2.07. The van der Waals surface area contributed by atoms with Crippen LogP contribution in [0.25, 0.3) is 5.57 Å². The van der Waals surface area contributed by atoms with E-state index in [9.17, 15) is 49.8 Å². The van der Waals surface area contributed by atoms with Crippen molar-refractivity contribution >= 4 is 34.9 Å². The van der Waals surface area contributed by atoms with Crippen LogP contribution in [0, 0.1) is 30.6 Å². The number of hydrogen-bond acceptors (Lipinski definition) is 14. The van der Waals surface area contributed by atoms with E-state index in [4.69, 9.17) is 18.9 Å². The molecule has 5 rings (SSSR count). The van der Waals surface area contributed by atoms with Gasteiger partial charge in [0.25, 0.3) is 5.91 Å². The molecule has 300 valence electrons. The number of hydrogen-bond donors (Lipinski definition) is 7. The number of nitrogens with one attached hydrogen (secondary N) is 1. The lowest BCUT2D eigenvalue weighted by molar-refractivity contribution is -0.168. The number of benzene rings is 1. The molecule has 15 nitrogen and oxygen atoms in total. The summed E-state index contributed by atoms with van der Waals surface area (Å²) in [6.45, 7) is 12.3. The molecule has 1 aliphatic carbocycles. The van der Waals surface area contributed by atoms with Gasteiger partial charge in [-0.25, -0.2) is 0 Å². The highest BCUT2D eigenvalue weighted by Crippen LogP contribution is 2.53. The summed E-state index contributed by atoms with van der Waals surface area (Å²) >= 11 is 0. The third-order valence-corrected chi connectivity index (χ3v) is 10.6. The van der Waals surface area contributed by atoms with Gasteiger partial charge in [-0.05, 0) is 46.3 Å². The van der Waals surface area contributed by atoms with Crippen LogP contribution >= 0.6 is 0 Å². The molecule has 0 saturated carbocycles. The van der Waals surface area contributed by atoms with Crippen LogP contribution in [0.5, 0.6) is 11.5 Å². The zero-order valence-electron chi connectivity index (χ0n) is 32.6. The maximum Gasteiger partial charge on any atom is 0.313 e. The molecule has 3 aliphatic heterocycles. The van der Waals surface area contributed by atoms with Crippen molar-refractivity contribution in [1.82, 2.24) is 0 Å². The Morgan fingerprint density at radius 1 is 0.909 bits per heavy atom. The quantitative estimate of drug-likeness (QED) is 0.130. The number of aromatic hydroxyl groups is 1. The first-order chi connectivity index (χ1) is 25.6. The molecule has 0 fully saturated rings. The molecule has 0 aromatic heterocycles. The smallest absolute Gasteiger partial charge is 0.313 e. The van der Waals surface area contributed by atoms with Gasteiger partial charge in [-0.1, -0.05) is 39.0 Å². The molecular weight excluding hydrogens is 718 g/mol. The minimum atomic E-state index is -2.17. The number of ether oxygens (including phenoxy) is 4. The molecule has 0 saturated heterocycles. The number of anilines is 1. The van der Waals surface area contributed by atoms with Gasteiger partial charge in [-0.3, -0.25) is 19.2 Å². The zero-order chi connectivity index (χ0) is 41.4. The standard InChI is InChI=1S/C40H51NO14/c1-16-12-11-13-17(2)38(49)41-28-19(4)36(55-23(8)42)24-25(33(28)47)31(45)21(6)35-26(24)34(53-15-54-35)18(3)14-40(9,51)37(48)22(7)32(46)27(39(50)52-10)30(44)20(5)29(16)43/h11-14,16,20,22,27,29-30,32,37,43-44,46-48,51H,15H2,1-10H3,(H,41,49)/b12-11-,17-13-,18-14+. The first-order valence-corrected chi connectivity index (χ1v) is 17.8. The highest BCUT2D eigenvalue weighted by molar-refractivity contribution is 6.21. The average Bonchev–Trinajstić information content (AvgIpc) is 3.13. The van der Waals surface area contributed by atoms with Gasteiger partial charge in [0, 0.05) is 47.0 Å². The van der Waals surface area contributed by atoms with E-state index >= 15 is 0 Å². The van der Waals surface area contributed by atoms with Gasteiger partial charge in [0.2, 0.25) is 6.79 Å². The van der Waals surface area contributed by atoms with Crippen molar-refractivity contribution in [3.8, 4) is 11.5 Å². The Labute approximate surface area is 319 Å². The fourth-order valence-electron chi connectivity index (χ4n) is 7.28. The topological polar surface area (TPSA) is 239 Å². The van der Waals surface area contributed by atoms with Crippen molar-refractivity contribution in [3.63, 3.8) is 0 Å². The number of aliphatic hydroxyl groups excluding tert-OH is 4. The molecule has 0 radical (unpaired) electrons. The Kier molecular flexibility index (Phi) is 12.9. The third-order valence-electron chi connectivity index (χ3n) is 10.6. The molecule has 4 aliphatic rings. The molecule has 1 aromatic rings. The van der Waals surface area contributed by atoms with Gasteiger partial charge in [0.15, 0.2) is 11.5 Å². The fraction of sp³-hybridized carbons (Fsp3) is 0.500. The van der Waals surface area contributed by atoms with E-state index in [0.717, 1.165) is 14.0 Å². The van der Waals surface area contributed by atoms with Crippen LogP contribution in [-0.4, -0.2) is 98.2 Å². The molecule has 7 N–H and O–H groups in total. The van der Waals surface area contributed by atoms with E-state index in [1.54, 1.807) is 13.0 Å². The minimum absolute atomic E-state index is 0.00256. The molecule has 3 heterocycles. The summed E-state index contributed by atoms with van der Waals surface area (Å²) in [6, 6.07) is 0. The number of carbonyl (C=O) groups excluding carboxylic acids is 4. The van der Waals surface area contributed by atoms with E-state index in [1.807, 2.05) is 0 Å². The number of fused-ring (bicyclic) bond motifs is 14. The van der Waals surface area contributed by atoms with Crippen molar-refractivity contribution < 1.29 is 68.8 Å². The lowest BCUT2D eigenvalue weighted by Crippen LogP contribution is -2.53. The molecule has 1 amide bonds. The average molecular weight is 770 g/mol. The molecule has 9 unspecified atom stereocenters. The number of carbonyl (C=O) groups is 4. The van der Waals surface area contributed by atoms with Crippen LogP contribution in [0.3, 0.4) is 0 Å². The molecule has 15 heteroatoms. The van der Waals surface area contributed by atoms with Crippen LogP contribution in [-0.2, 0) is 28.6 Å². The number of phenols is 1. The highest BCUT2D eigenvalue weighted by atomic mass is 16.7. The summed E-state index contributed by atoms with van der Waals surface area (Å²) in [7, 11) is 1.06. The predicted octanol–water partition coefficient (Wildman–Crippen LogP) is 3.10. The summed E-state index contributed by atoms with van der Waals surface area (Å²) in [5.41, 5.74) is -2.34. The molecule has 9 atom stereocenters. The Morgan fingerprint density at radius 2 is 1.51 bits per heavy atom. The van der Waals surface area contributed by atoms with Gasteiger partial charge >= 0.3 is 11.9 Å². The number of aliphatic hydroxyl groups is 5. The Bertz CT molecular complexity index is 1920. The second-order valence-electron chi connectivity index (χ2n) is 14.7. The SMILES string of the molecule is COC(=O)C1C(O)C(C)C(O)C(C)/C=C\C=C(\C)C(=O)Nc2c(C)c(OC(C)=O)c3c(c2O)C(=O)C(C)=C2OCOC(=C23)/C(C)=C/C(C)(O)C(O)C(C)C1O. The number of amides is 1. The van der Waals surface area contributed by atoms with Crippen LogP contribution in [0.2, 0.25) is 0 Å². The first kappa shape index (κ1) is 42.9. The molecule has 0 spiro atoms. The predicted molar refractivity (Wildman–Crippen MR) is 198 cm³/mol. The van der Waals surface area contributed by atoms with E-state index in [0.29, 0.717) is 0 Å². The molecule has 1 aromatic carbocycles. The summed E-state index contributed by atoms with van der Waals surface area (Å²) in [4.78, 5) is 53.0. The van der Waals surface area contributed by atoms with Crippen molar-refractivity contribution in [2.24, 2.45) is 23.7 Å². The second-order valence-corrected chi connectivity index (χ2v) is 14.7. The van der Waals surface area contributed by atoms with Crippen molar-refractivity contribution in [1.29, 1.82) is 0 Å². The van der Waals surface area contributed by atoms with Crippen molar-refractivity contribution in [2.75, 3.05) is 19.2 Å². The van der Waals surface area contributed by atoms with E-state index in [1.165, 1.54) is 66.7 Å². The first-order valence-electron chi connectivity index (χ1n) is 17.8. The maximum absolute atomic E-state index is 14.0. The highest BCUT2D eigenvalue weighted by Gasteiger charge is 2.47. The second kappa shape index (κ2) is 16.5. The van der Waals surface area contributed by atoms with Crippen molar-refractivity contribution in [2.45, 2.75) is 92.3 Å². The number of phenolic OH excluding ortho intramolecular Hbond substituents is 1.